The number of hydrogen-bond donors (Lipinski definition) is 3. The minimum Gasteiger partial charge on any atom is -0.490 e. The van der Waals surface area contributed by atoms with Gasteiger partial charge >= 0.3 is 0 Å². The number of hydrogen-bond acceptors (Lipinski definition) is 7. The zero-order valence-corrected chi connectivity index (χ0v) is 12.4. The Labute approximate surface area is 124 Å². The zero-order valence-electron chi connectivity index (χ0n) is 12.4. The molecule has 1 fully saturated rings. The molecule has 1 aromatic heterocycles. The summed E-state index contributed by atoms with van der Waals surface area (Å²) in [5, 5.41) is 2.88. The van der Waals surface area contributed by atoms with Crippen molar-refractivity contribution in [2.24, 2.45) is 11.8 Å². The van der Waals surface area contributed by atoms with Crippen molar-refractivity contribution < 1.29 is 9.53 Å². The maximum Gasteiger partial charge on any atom is 0.216 e. The van der Waals surface area contributed by atoms with E-state index in [9.17, 15) is 4.79 Å². The Morgan fingerprint density at radius 1 is 1.48 bits per heavy atom. The van der Waals surface area contributed by atoms with E-state index in [0.29, 0.717) is 17.5 Å². The monoisotopic (exact) mass is 294 g/mol. The first kappa shape index (κ1) is 15.3. The van der Waals surface area contributed by atoms with Crippen LogP contribution in [0.1, 0.15) is 19.8 Å². The zero-order chi connectivity index (χ0) is 15.2. The quantitative estimate of drug-likeness (QED) is 0.523. The summed E-state index contributed by atoms with van der Waals surface area (Å²) < 4.78 is 5.36. The Morgan fingerprint density at radius 2 is 2.19 bits per heavy atom. The average Bonchev–Trinajstić information content (AvgIpc) is 2.52. The van der Waals surface area contributed by atoms with Gasteiger partial charge in [-0.1, -0.05) is 0 Å². The Bertz CT molecular complexity index is 488. The number of nitrogens with one attached hydrogen (secondary N) is 2. The molecule has 0 atom stereocenters. The van der Waals surface area contributed by atoms with Gasteiger partial charge in [0.2, 0.25) is 11.7 Å². The van der Waals surface area contributed by atoms with Crippen molar-refractivity contribution in [3.8, 4) is 5.75 Å². The smallest absolute Gasteiger partial charge is 0.216 e. The molecule has 0 aromatic carbocycles. The molecule has 0 saturated carbocycles. The van der Waals surface area contributed by atoms with E-state index >= 15 is 0 Å². The van der Waals surface area contributed by atoms with Gasteiger partial charge in [0, 0.05) is 26.6 Å². The number of rotatable bonds is 5. The minimum atomic E-state index is 0.0218. The van der Waals surface area contributed by atoms with Crippen LogP contribution in [0.5, 0.6) is 5.75 Å². The molecule has 0 spiro atoms. The number of aromatic nitrogens is 2. The van der Waals surface area contributed by atoms with Crippen LogP contribution in [-0.2, 0) is 4.79 Å². The fourth-order valence-corrected chi connectivity index (χ4v) is 2.52. The lowest BCUT2D eigenvalue weighted by atomic mass is 9.97. The van der Waals surface area contributed by atoms with E-state index in [1.54, 1.807) is 14.0 Å². The van der Waals surface area contributed by atoms with Crippen LogP contribution in [0, 0.1) is 5.92 Å². The third-order valence-corrected chi connectivity index (χ3v) is 3.68. The molecular formula is C13H22N6O2. The summed E-state index contributed by atoms with van der Waals surface area (Å²) in [7, 11) is 1.58. The van der Waals surface area contributed by atoms with Gasteiger partial charge in [-0.3, -0.25) is 4.79 Å². The Kier molecular flexibility index (Phi) is 5.15. The molecule has 1 aromatic rings. The van der Waals surface area contributed by atoms with Crippen molar-refractivity contribution in [1.29, 1.82) is 0 Å². The normalized spacial score (nSPS) is 15.7. The highest BCUT2D eigenvalue weighted by Gasteiger charge is 2.24. The van der Waals surface area contributed by atoms with Crippen LogP contribution >= 0.6 is 0 Å². The summed E-state index contributed by atoms with van der Waals surface area (Å²) in [5.74, 6) is 7.74. The minimum absolute atomic E-state index is 0.0218. The number of nitrogens with two attached hydrogens (primary N) is 1. The molecule has 1 aliphatic heterocycles. The summed E-state index contributed by atoms with van der Waals surface area (Å²) in [6.07, 6.45) is 3.47. The van der Waals surface area contributed by atoms with E-state index in [1.165, 1.54) is 6.33 Å². The molecule has 0 radical (unpaired) electrons. The molecular weight excluding hydrogens is 272 g/mol. The number of methoxy groups -OCH3 is 1. The average molecular weight is 294 g/mol. The Balaban J connectivity index is 2.00. The first-order valence-corrected chi connectivity index (χ1v) is 7.00. The lowest BCUT2D eigenvalue weighted by Gasteiger charge is -2.33. The maximum absolute atomic E-state index is 11.0. The van der Waals surface area contributed by atoms with Gasteiger partial charge in [-0.15, -0.1) is 0 Å². The molecule has 1 aliphatic rings. The summed E-state index contributed by atoms with van der Waals surface area (Å²) >= 11 is 0. The molecule has 1 saturated heterocycles. The third kappa shape index (κ3) is 3.72. The standard InChI is InChI=1S/C13H22N6O2/c1-9(20)15-7-10-3-5-19(6-4-10)13-11(21-2)12(18-14)16-8-17-13/h8,10H,3-7,14H2,1-2H3,(H,15,20)(H,16,17,18). The van der Waals surface area contributed by atoms with E-state index in [0.717, 1.165) is 38.3 Å². The van der Waals surface area contributed by atoms with Gasteiger partial charge in [0.05, 0.1) is 7.11 Å². The maximum atomic E-state index is 11.0. The second-order valence-corrected chi connectivity index (χ2v) is 5.09. The number of anilines is 2. The highest BCUT2D eigenvalue weighted by molar-refractivity contribution is 5.72. The van der Waals surface area contributed by atoms with Crippen LogP contribution in [0.25, 0.3) is 0 Å². The third-order valence-electron chi connectivity index (χ3n) is 3.68. The molecule has 0 aliphatic carbocycles. The van der Waals surface area contributed by atoms with Crippen molar-refractivity contribution in [3.05, 3.63) is 6.33 Å². The molecule has 0 unspecified atom stereocenters. The fourth-order valence-electron chi connectivity index (χ4n) is 2.52. The summed E-state index contributed by atoms with van der Waals surface area (Å²) in [6, 6.07) is 0. The lowest BCUT2D eigenvalue weighted by Crippen LogP contribution is -2.38. The van der Waals surface area contributed by atoms with E-state index in [-0.39, 0.29) is 5.91 Å². The number of ether oxygens (including phenoxy) is 1. The van der Waals surface area contributed by atoms with E-state index < -0.39 is 0 Å². The Morgan fingerprint density at radius 3 is 2.76 bits per heavy atom. The SMILES string of the molecule is COc1c(NN)ncnc1N1CCC(CNC(C)=O)CC1. The number of carbonyl (C=O) groups excluding carboxylic acids is 1. The van der Waals surface area contributed by atoms with Crippen molar-refractivity contribution in [2.75, 3.05) is 37.1 Å². The molecule has 0 bridgehead atoms. The highest BCUT2D eigenvalue weighted by Crippen LogP contribution is 2.33. The van der Waals surface area contributed by atoms with Gasteiger partial charge in [0.25, 0.3) is 0 Å². The molecule has 1 amide bonds. The van der Waals surface area contributed by atoms with Crippen molar-refractivity contribution in [1.82, 2.24) is 15.3 Å². The highest BCUT2D eigenvalue weighted by atomic mass is 16.5. The Hall–Kier alpha value is -2.09. The number of nitrogens with zero attached hydrogens (tertiary/aromatic N) is 3. The van der Waals surface area contributed by atoms with E-state index in [4.69, 9.17) is 10.6 Å². The first-order chi connectivity index (χ1) is 10.2. The largest absolute Gasteiger partial charge is 0.490 e. The molecule has 116 valence electrons. The van der Waals surface area contributed by atoms with Crippen LogP contribution in [-0.4, -0.2) is 42.6 Å². The number of hydrazine groups is 1. The summed E-state index contributed by atoms with van der Waals surface area (Å²) in [4.78, 5) is 21.5. The van der Waals surface area contributed by atoms with Gasteiger partial charge in [0.15, 0.2) is 11.6 Å². The van der Waals surface area contributed by atoms with E-state index in [2.05, 4.69) is 25.6 Å². The predicted molar refractivity (Wildman–Crippen MR) is 80.0 cm³/mol. The number of nitrogen functional groups attached to an aromatic ring is 1. The second-order valence-electron chi connectivity index (χ2n) is 5.09. The molecule has 2 rings (SSSR count). The van der Waals surface area contributed by atoms with Gasteiger partial charge < -0.3 is 20.4 Å². The van der Waals surface area contributed by atoms with Crippen LogP contribution in [0.15, 0.2) is 6.33 Å². The van der Waals surface area contributed by atoms with Gasteiger partial charge in [0.1, 0.15) is 6.33 Å². The number of carbonyl (C=O) groups is 1. The second kappa shape index (κ2) is 7.07. The fraction of sp³-hybridized carbons (Fsp3) is 0.615. The van der Waals surface area contributed by atoms with Crippen molar-refractivity contribution in [2.45, 2.75) is 19.8 Å². The van der Waals surface area contributed by atoms with Gasteiger partial charge in [-0.2, -0.15) is 0 Å². The number of amides is 1. The van der Waals surface area contributed by atoms with Crippen LogP contribution < -0.4 is 26.2 Å². The molecule has 8 nitrogen and oxygen atoms in total. The van der Waals surface area contributed by atoms with E-state index in [1.807, 2.05) is 0 Å². The number of piperidine rings is 1. The first-order valence-electron chi connectivity index (χ1n) is 7.00. The van der Waals surface area contributed by atoms with Crippen molar-refractivity contribution >= 4 is 17.5 Å². The van der Waals surface area contributed by atoms with Crippen LogP contribution in [0.2, 0.25) is 0 Å². The predicted octanol–water partition coefficient (Wildman–Crippen LogP) is 0.123. The van der Waals surface area contributed by atoms with Gasteiger partial charge in [-0.05, 0) is 18.8 Å². The van der Waals surface area contributed by atoms with Gasteiger partial charge in [-0.25, -0.2) is 15.8 Å². The molecule has 4 N–H and O–H groups in total. The summed E-state index contributed by atoms with van der Waals surface area (Å²) in [6.45, 7) is 4.01. The van der Waals surface area contributed by atoms with Crippen LogP contribution in [0.3, 0.4) is 0 Å². The molecule has 8 heteroatoms. The van der Waals surface area contributed by atoms with Crippen molar-refractivity contribution in [3.63, 3.8) is 0 Å². The van der Waals surface area contributed by atoms with Crippen LogP contribution in [0.4, 0.5) is 11.6 Å². The topological polar surface area (TPSA) is 105 Å². The lowest BCUT2D eigenvalue weighted by molar-refractivity contribution is -0.119. The molecule has 21 heavy (non-hydrogen) atoms. The summed E-state index contributed by atoms with van der Waals surface area (Å²) in [5.41, 5.74) is 2.52. The molecule has 2 heterocycles.